The number of piperazine rings is 1. The van der Waals surface area contributed by atoms with Crippen molar-refractivity contribution in [2.45, 2.75) is 39.5 Å². The Morgan fingerprint density at radius 2 is 1.90 bits per heavy atom. The minimum Gasteiger partial charge on any atom is -0.506 e. The number of para-hydroxylation sites is 2. The van der Waals surface area contributed by atoms with E-state index in [0.29, 0.717) is 5.75 Å². The first kappa shape index (κ1) is 24.7. The number of phenolic OH excluding ortho intramolecular Hbond substituents is 1. The highest BCUT2D eigenvalue weighted by Gasteiger charge is 2.21. The Balaban J connectivity index is 0.00000320. The van der Waals surface area contributed by atoms with Crippen LogP contribution >= 0.6 is 35.3 Å². The van der Waals surface area contributed by atoms with Gasteiger partial charge in [0.2, 0.25) is 0 Å². The Bertz CT molecular complexity index is 825. The minimum atomic E-state index is 0. The van der Waals surface area contributed by atoms with E-state index in [9.17, 15) is 5.11 Å². The van der Waals surface area contributed by atoms with E-state index in [1.807, 2.05) is 18.2 Å². The van der Waals surface area contributed by atoms with Crippen LogP contribution in [0, 0.1) is 0 Å². The van der Waals surface area contributed by atoms with E-state index in [-0.39, 0.29) is 29.4 Å². The van der Waals surface area contributed by atoms with E-state index < -0.39 is 0 Å². The number of rotatable bonds is 5. The summed E-state index contributed by atoms with van der Waals surface area (Å²) in [5.41, 5.74) is 2.17. The molecule has 166 valence electrons. The molecule has 0 aliphatic carbocycles. The van der Waals surface area contributed by atoms with Gasteiger partial charge in [-0.3, -0.25) is 4.99 Å². The molecule has 2 heterocycles. The van der Waals surface area contributed by atoms with Crippen molar-refractivity contribution in [2.75, 3.05) is 44.2 Å². The van der Waals surface area contributed by atoms with Gasteiger partial charge in [0, 0.05) is 56.5 Å². The number of thiazole rings is 1. The second kappa shape index (κ2) is 11.2. The Kier molecular flexibility index (Phi) is 9.21. The van der Waals surface area contributed by atoms with Crippen molar-refractivity contribution < 1.29 is 5.11 Å². The number of nitrogens with one attached hydrogen (secondary N) is 1. The van der Waals surface area contributed by atoms with Crippen molar-refractivity contribution in [3.8, 4) is 5.75 Å². The van der Waals surface area contributed by atoms with E-state index in [4.69, 9.17) is 9.98 Å². The summed E-state index contributed by atoms with van der Waals surface area (Å²) in [6.45, 7) is 13.8. The third-order valence-corrected chi connectivity index (χ3v) is 5.95. The van der Waals surface area contributed by atoms with Crippen molar-refractivity contribution in [2.24, 2.45) is 4.99 Å². The van der Waals surface area contributed by atoms with Gasteiger partial charge in [0.1, 0.15) is 5.75 Å². The highest BCUT2D eigenvalue weighted by atomic mass is 127. The maximum absolute atomic E-state index is 10.1. The van der Waals surface area contributed by atoms with Crippen LogP contribution < -0.4 is 10.2 Å². The molecule has 0 saturated carbocycles. The van der Waals surface area contributed by atoms with Gasteiger partial charge in [-0.25, -0.2) is 4.98 Å². The minimum absolute atomic E-state index is 0. The first-order chi connectivity index (χ1) is 13.9. The van der Waals surface area contributed by atoms with E-state index in [0.717, 1.165) is 68.0 Å². The molecular formula is C22H34IN5OS. The SMILES string of the molecule is CCNC(=NCCc1nc(C(C)(C)C)cs1)N1CCN(c2ccccc2O)CC1.I. The lowest BCUT2D eigenvalue weighted by atomic mass is 9.93. The molecule has 1 aromatic heterocycles. The van der Waals surface area contributed by atoms with Crippen molar-refractivity contribution in [3.63, 3.8) is 0 Å². The number of hydrogen-bond donors (Lipinski definition) is 2. The zero-order valence-electron chi connectivity index (χ0n) is 18.4. The number of aromatic hydroxyl groups is 1. The third-order valence-electron chi connectivity index (χ3n) is 5.04. The first-order valence-corrected chi connectivity index (χ1v) is 11.3. The second-order valence-corrected chi connectivity index (χ2v) is 9.27. The molecule has 0 amide bonds. The lowest BCUT2D eigenvalue weighted by Gasteiger charge is -2.37. The maximum Gasteiger partial charge on any atom is 0.194 e. The molecule has 3 rings (SSSR count). The normalized spacial score (nSPS) is 15.1. The summed E-state index contributed by atoms with van der Waals surface area (Å²) >= 11 is 1.73. The molecule has 8 heteroatoms. The molecule has 1 aliphatic heterocycles. The van der Waals surface area contributed by atoms with Crippen molar-refractivity contribution in [1.29, 1.82) is 0 Å². The number of guanidine groups is 1. The molecule has 6 nitrogen and oxygen atoms in total. The van der Waals surface area contributed by atoms with Crippen LogP contribution in [-0.2, 0) is 11.8 Å². The molecule has 2 aromatic rings. The van der Waals surface area contributed by atoms with Crippen LogP contribution in [-0.4, -0.2) is 60.2 Å². The fourth-order valence-corrected chi connectivity index (χ4v) is 4.36. The molecule has 1 saturated heterocycles. The number of aliphatic imine (C=N–C) groups is 1. The summed E-state index contributed by atoms with van der Waals surface area (Å²) in [5.74, 6) is 1.32. The molecule has 0 atom stereocenters. The highest BCUT2D eigenvalue weighted by Crippen LogP contribution is 2.27. The lowest BCUT2D eigenvalue weighted by molar-refractivity contribution is 0.370. The third kappa shape index (κ3) is 6.47. The largest absolute Gasteiger partial charge is 0.506 e. The van der Waals surface area contributed by atoms with Crippen LogP contribution in [0.4, 0.5) is 5.69 Å². The van der Waals surface area contributed by atoms with Crippen LogP contribution in [0.1, 0.15) is 38.4 Å². The van der Waals surface area contributed by atoms with E-state index in [1.54, 1.807) is 17.4 Å². The van der Waals surface area contributed by atoms with Crippen molar-refractivity contribution in [1.82, 2.24) is 15.2 Å². The van der Waals surface area contributed by atoms with E-state index >= 15 is 0 Å². The number of benzene rings is 1. The summed E-state index contributed by atoms with van der Waals surface area (Å²) in [6, 6.07) is 7.55. The molecule has 0 bridgehead atoms. The van der Waals surface area contributed by atoms with Gasteiger partial charge in [-0.15, -0.1) is 35.3 Å². The van der Waals surface area contributed by atoms with Gasteiger partial charge < -0.3 is 20.2 Å². The van der Waals surface area contributed by atoms with Crippen LogP contribution in [0.15, 0.2) is 34.6 Å². The number of halogens is 1. The van der Waals surface area contributed by atoms with Crippen LogP contribution in [0.3, 0.4) is 0 Å². The lowest BCUT2D eigenvalue weighted by Crippen LogP contribution is -2.52. The molecule has 30 heavy (non-hydrogen) atoms. The standard InChI is InChI=1S/C22H33N5OS.HI/c1-5-23-21(24-11-10-20-25-19(16-29-20)22(2,3)4)27-14-12-26(13-15-27)17-8-6-7-9-18(17)28;/h6-9,16,28H,5,10-15H2,1-4H3,(H,23,24);1H. The maximum atomic E-state index is 10.1. The van der Waals surface area contributed by atoms with Crippen LogP contribution in [0.2, 0.25) is 0 Å². The topological polar surface area (TPSA) is 64.0 Å². The van der Waals surface area contributed by atoms with Gasteiger partial charge in [0.15, 0.2) is 5.96 Å². The second-order valence-electron chi connectivity index (χ2n) is 8.32. The molecule has 2 N–H and O–H groups in total. The van der Waals surface area contributed by atoms with Crippen molar-refractivity contribution in [3.05, 3.63) is 40.3 Å². The predicted molar refractivity (Wildman–Crippen MR) is 138 cm³/mol. The average Bonchev–Trinajstić information content (AvgIpc) is 3.17. The first-order valence-electron chi connectivity index (χ1n) is 10.4. The van der Waals surface area contributed by atoms with Crippen LogP contribution in [0.25, 0.3) is 0 Å². The highest BCUT2D eigenvalue weighted by molar-refractivity contribution is 14.0. The molecule has 0 spiro atoms. The summed E-state index contributed by atoms with van der Waals surface area (Å²) in [4.78, 5) is 14.2. The summed E-state index contributed by atoms with van der Waals surface area (Å²) in [7, 11) is 0. The number of aromatic nitrogens is 1. The number of phenols is 1. The zero-order chi connectivity index (χ0) is 20.9. The van der Waals surface area contributed by atoms with Crippen molar-refractivity contribution >= 4 is 47.0 Å². The number of hydrogen-bond acceptors (Lipinski definition) is 5. The summed E-state index contributed by atoms with van der Waals surface area (Å²) in [5, 5.41) is 16.8. The van der Waals surface area contributed by atoms with Gasteiger partial charge in [-0.1, -0.05) is 32.9 Å². The summed E-state index contributed by atoms with van der Waals surface area (Å²) in [6.07, 6.45) is 0.869. The predicted octanol–water partition coefficient (Wildman–Crippen LogP) is 4.09. The number of nitrogens with zero attached hydrogens (tertiary/aromatic N) is 4. The quantitative estimate of drug-likeness (QED) is 0.338. The molecule has 0 radical (unpaired) electrons. The number of anilines is 1. The van der Waals surface area contributed by atoms with Gasteiger partial charge >= 0.3 is 0 Å². The fourth-order valence-electron chi connectivity index (χ4n) is 3.34. The monoisotopic (exact) mass is 543 g/mol. The Morgan fingerprint density at radius 1 is 1.20 bits per heavy atom. The zero-order valence-corrected chi connectivity index (χ0v) is 21.5. The Hall–Kier alpha value is -1.55. The molecular weight excluding hydrogens is 509 g/mol. The van der Waals surface area contributed by atoms with Gasteiger partial charge in [0.25, 0.3) is 0 Å². The molecule has 1 fully saturated rings. The Morgan fingerprint density at radius 3 is 2.50 bits per heavy atom. The summed E-state index contributed by atoms with van der Waals surface area (Å²) < 4.78 is 0. The van der Waals surface area contributed by atoms with Gasteiger partial charge in [-0.2, -0.15) is 0 Å². The van der Waals surface area contributed by atoms with Gasteiger partial charge in [-0.05, 0) is 19.1 Å². The van der Waals surface area contributed by atoms with E-state index in [1.165, 1.54) is 0 Å². The fraction of sp³-hybridized carbons (Fsp3) is 0.545. The van der Waals surface area contributed by atoms with Gasteiger partial charge in [0.05, 0.1) is 16.4 Å². The molecule has 1 aromatic carbocycles. The Labute approximate surface area is 201 Å². The van der Waals surface area contributed by atoms with Crippen LogP contribution in [0.5, 0.6) is 5.75 Å². The smallest absolute Gasteiger partial charge is 0.194 e. The average molecular weight is 544 g/mol. The molecule has 0 unspecified atom stereocenters. The molecule has 1 aliphatic rings. The van der Waals surface area contributed by atoms with E-state index in [2.05, 4.69) is 48.2 Å².